The Bertz CT molecular complexity index is 968. The first kappa shape index (κ1) is 21.9. The Morgan fingerprint density at radius 2 is 1.97 bits per heavy atom. The van der Waals surface area contributed by atoms with E-state index in [1.165, 1.54) is 0 Å². The molecule has 0 bridgehead atoms. The van der Waals surface area contributed by atoms with Gasteiger partial charge in [0.05, 0.1) is 18.0 Å². The molecule has 1 heterocycles. The van der Waals surface area contributed by atoms with Gasteiger partial charge in [-0.15, -0.1) is 0 Å². The zero-order valence-electron chi connectivity index (χ0n) is 18.4. The molecule has 0 aromatic heterocycles. The van der Waals surface area contributed by atoms with Gasteiger partial charge in [-0.05, 0) is 87.9 Å². The van der Waals surface area contributed by atoms with Crippen molar-refractivity contribution in [2.45, 2.75) is 59.2 Å². The molecule has 160 valence electrons. The minimum atomic E-state index is -1.11. The molecule has 3 rings (SSSR count). The van der Waals surface area contributed by atoms with Crippen LogP contribution in [0.5, 0.6) is 11.5 Å². The number of aliphatic carboxylic acids is 1. The van der Waals surface area contributed by atoms with Gasteiger partial charge in [0.2, 0.25) is 0 Å². The molecule has 1 aliphatic rings. The van der Waals surface area contributed by atoms with Crippen molar-refractivity contribution in [3.05, 3.63) is 59.4 Å². The third kappa shape index (κ3) is 4.85. The highest BCUT2D eigenvalue weighted by Gasteiger charge is 2.30. The molecule has 0 fully saturated rings. The molecule has 1 unspecified atom stereocenters. The maximum Gasteiger partial charge on any atom is 0.337 e. The molecule has 0 saturated heterocycles. The number of fused-ring (bicyclic) bond motifs is 1. The number of ether oxygens (including phenoxy) is 3. The van der Waals surface area contributed by atoms with Crippen molar-refractivity contribution in [3.8, 4) is 22.6 Å². The van der Waals surface area contributed by atoms with Gasteiger partial charge in [0, 0.05) is 5.56 Å². The first-order valence-corrected chi connectivity index (χ1v) is 10.2. The lowest BCUT2D eigenvalue weighted by atomic mass is 9.89. The fourth-order valence-corrected chi connectivity index (χ4v) is 3.73. The van der Waals surface area contributed by atoms with Gasteiger partial charge in [-0.25, -0.2) is 4.79 Å². The molecule has 0 spiro atoms. The van der Waals surface area contributed by atoms with Crippen LogP contribution in [0.4, 0.5) is 0 Å². The summed E-state index contributed by atoms with van der Waals surface area (Å²) in [4.78, 5) is 12.2. The maximum absolute atomic E-state index is 12.2. The van der Waals surface area contributed by atoms with E-state index in [-0.39, 0.29) is 0 Å². The van der Waals surface area contributed by atoms with Crippen molar-refractivity contribution in [2.24, 2.45) is 0 Å². The summed E-state index contributed by atoms with van der Waals surface area (Å²) >= 11 is 0. The predicted octanol–water partition coefficient (Wildman–Crippen LogP) is 5.84. The van der Waals surface area contributed by atoms with Crippen molar-refractivity contribution in [3.63, 3.8) is 0 Å². The molecule has 1 N–H and O–H groups in total. The first-order chi connectivity index (χ1) is 14.1. The van der Waals surface area contributed by atoms with Crippen LogP contribution in [-0.4, -0.2) is 23.3 Å². The van der Waals surface area contributed by atoms with Crippen LogP contribution in [0.2, 0.25) is 0 Å². The van der Waals surface area contributed by atoms with Crippen molar-refractivity contribution < 1.29 is 24.1 Å². The Labute approximate surface area is 178 Å². The molecule has 1 aliphatic heterocycles. The topological polar surface area (TPSA) is 65.0 Å². The number of allylic oxidation sites excluding steroid dienone is 1. The van der Waals surface area contributed by atoms with E-state index in [1.807, 2.05) is 39.8 Å². The Balaban J connectivity index is 2.21. The predicted molar refractivity (Wildman–Crippen MR) is 117 cm³/mol. The average molecular weight is 411 g/mol. The van der Waals surface area contributed by atoms with E-state index < -0.39 is 17.7 Å². The van der Waals surface area contributed by atoms with Crippen LogP contribution in [0.25, 0.3) is 11.1 Å². The Kier molecular flexibility index (Phi) is 6.22. The number of aryl methyl sites for hydroxylation is 1. The summed E-state index contributed by atoms with van der Waals surface area (Å²) in [7, 11) is 0. The Morgan fingerprint density at radius 1 is 1.23 bits per heavy atom. The van der Waals surface area contributed by atoms with Gasteiger partial charge in [-0.1, -0.05) is 18.7 Å². The highest BCUT2D eigenvalue weighted by atomic mass is 16.5. The molecular weight excluding hydrogens is 380 g/mol. The van der Waals surface area contributed by atoms with Crippen molar-refractivity contribution in [2.75, 3.05) is 6.61 Å². The second-order valence-corrected chi connectivity index (χ2v) is 8.68. The molecule has 5 nitrogen and oxygen atoms in total. The molecular formula is C25H30O5. The van der Waals surface area contributed by atoms with E-state index in [0.29, 0.717) is 17.1 Å². The van der Waals surface area contributed by atoms with Crippen LogP contribution < -0.4 is 9.47 Å². The summed E-state index contributed by atoms with van der Waals surface area (Å²) < 4.78 is 17.5. The number of carboxylic acids is 1. The van der Waals surface area contributed by atoms with Crippen molar-refractivity contribution in [1.29, 1.82) is 0 Å². The average Bonchev–Trinajstić information content (AvgIpc) is 2.66. The van der Waals surface area contributed by atoms with Crippen LogP contribution in [-0.2, 0) is 16.0 Å². The number of rotatable bonds is 6. The van der Waals surface area contributed by atoms with Gasteiger partial charge >= 0.3 is 5.97 Å². The standard InChI is InChI=1S/C25H30O5/c1-15(2)29-20-12-10-19(23(24(26)27)30-25(4,5)6)22(16(20)3)18-9-11-21-17(14-18)8-7-13-28-21/h9-12,14,23H,1,7-8,13H2,2-6H3,(H,26,27). The fraction of sp³-hybridized carbons (Fsp3) is 0.400. The first-order valence-electron chi connectivity index (χ1n) is 10.2. The summed E-state index contributed by atoms with van der Waals surface area (Å²) in [6.45, 7) is 13.8. The van der Waals surface area contributed by atoms with E-state index in [9.17, 15) is 9.90 Å². The van der Waals surface area contributed by atoms with Crippen LogP contribution in [0, 0.1) is 6.92 Å². The van der Waals surface area contributed by atoms with E-state index in [2.05, 4.69) is 12.6 Å². The quantitative estimate of drug-likeness (QED) is 0.606. The minimum absolute atomic E-state index is 0.566. The van der Waals surface area contributed by atoms with Gasteiger partial charge in [-0.2, -0.15) is 0 Å². The van der Waals surface area contributed by atoms with E-state index in [1.54, 1.807) is 19.1 Å². The lowest BCUT2D eigenvalue weighted by molar-refractivity contribution is -0.160. The smallest absolute Gasteiger partial charge is 0.337 e. The number of hydrogen-bond acceptors (Lipinski definition) is 4. The molecule has 0 aliphatic carbocycles. The van der Waals surface area contributed by atoms with Gasteiger partial charge in [0.1, 0.15) is 11.5 Å². The van der Waals surface area contributed by atoms with Gasteiger partial charge in [0.25, 0.3) is 0 Å². The zero-order chi connectivity index (χ0) is 22.1. The number of hydrogen-bond donors (Lipinski definition) is 1. The monoisotopic (exact) mass is 410 g/mol. The summed E-state index contributed by atoms with van der Waals surface area (Å²) in [5.41, 5.74) is 3.67. The Morgan fingerprint density at radius 3 is 2.60 bits per heavy atom. The van der Waals surface area contributed by atoms with Crippen LogP contribution in [0.15, 0.2) is 42.7 Å². The number of carbonyl (C=O) groups is 1. The largest absolute Gasteiger partial charge is 0.493 e. The molecule has 5 heteroatoms. The SMILES string of the molecule is C=C(C)Oc1ccc(C(OC(C)(C)C)C(=O)O)c(-c2ccc3c(c2)CCCO3)c1C. The minimum Gasteiger partial charge on any atom is -0.493 e. The fourth-order valence-electron chi connectivity index (χ4n) is 3.73. The normalized spacial score (nSPS) is 14.4. The highest BCUT2D eigenvalue weighted by molar-refractivity contribution is 5.83. The number of benzene rings is 2. The van der Waals surface area contributed by atoms with Crippen LogP contribution >= 0.6 is 0 Å². The van der Waals surface area contributed by atoms with E-state index >= 15 is 0 Å². The van der Waals surface area contributed by atoms with E-state index in [4.69, 9.17) is 14.2 Å². The number of carboxylic acid groups (broad SMARTS) is 1. The second-order valence-electron chi connectivity index (χ2n) is 8.68. The third-order valence-electron chi connectivity index (χ3n) is 4.91. The van der Waals surface area contributed by atoms with Crippen LogP contribution in [0.3, 0.4) is 0 Å². The zero-order valence-corrected chi connectivity index (χ0v) is 18.4. The van der Waals surface area contributed by atoms with Gasteiger partial charge in [-0.3, -0.25) is 0 Å². The molecule has 30 heavy (non-hydrogen) atoms. The van der Waals surface area contributed by atoms with Crippen molar-refractivity contribution >= 4 is 5.97 Å². The molecule has 2 aromatic carbocycles. The van der Waals surface area contributed by atoms with Gasteiger partial charge in [0.15, 0.2) is 6.10 Å². The molecule has 2 aromatic rings. The summed E-state index contributed by atoms with van der Waals surface area (Å²) in [6, 6.07) is 9.57. The summed E-state index contributed by atoms with van der Waals surface area (Å²) in [6.07, 6.45) is 0.789. The third-order valence-corrected chi connectivity index (χ3v) is 4.91. The van der Waals surface area contributed by atoms with Gasteiger partial charge < -0.3 is 19.3 Å². The lowest BCUT2D eigenvalue weighted by Crippen LogP contribution is -2.27. The van der Waals surface area contributed by atoms with E-state index in [0.717, 1.165) is 47.5 Å². The summed E-state index contributed by atoms with van der Waals surface area (Å²) in [5.74, 6) is 1.08. The molecule has 0 amide bonds. The molecule has 1 atom stereocenters. The second kappa shape index (κ2) is 8.52. The maximum atomic E-state index is 12.2. The van der Waals surface area contributed by atoms with Crippen molar-refractivity contribution in [1.82, 2.24) is 0 Å². The molecule has 0 radical (unpaired) electrons. The molecule has 0 saturated carbocycles. The lowest BCUT2D eigenvalue weighted by Gasteiger charge is -2.28. The highest BCUT2D eigenvalue weighted by Crippen LogP contribution is 2.41. The van der Waals surface area contributed by atoms with Crippen LogP contribution in [0.1, 0.15) is 56.9 Å². The Hall–Kier alpha value is -2.79. The summed E-state index contributed by atoms with van der Waals surface area (Å²) in [5, 5.41) is 9.97.